The molecule has 2 aromatic rings. The zero-order valence-electron chi connectivity index (χ0n) is 17.3. The molecule has 164 valence electrons. The molecule has 0 fully saturated rings. The van der Waals surface area contributed by atoms with Gasteiger partial charge in [0.05, 0.1) is 30.0 Å². The number of benzene rings is 1. The molecule has 0 saturated heterocycles. The van der Waals surface area contributed by atoms with Gasteiger partial charge in [-0.3, -0.25) is 19.8 Å². The second kappa shape index (κ2) is 9.29. The summed E-state index contributed by atoms with van der Waals surface area (Å²) in [4.78, 5) is 26.0. The molecule has 2 amide bonds. The third-order valence-corrected chi connectivity index (χ3v) is 4.23. The average Bonchev–Trinajstić information content (AvgIpc) is 3.09. The summed E-state index contributed by atoms with van der Waals surface area (Å²) in [6.07, 6.45) is -4.59. The summed E-state index contributed by atoms with van der Waals surface area (Å²) in [5, 5.41) is 8.73. The average molecular weight is 426 g/mol. The van der Waals surface area contributed by atoms with E-state index in [1.807, 2.05) is 20.8 Å². The van der Waals surface area contributed by atoms with E-state index in [0.29, 0.717) is 12.2 Å². The second-order valence-electron chi connectivity index (χ2n) is 7.77. The standard InChI is InChI=1S/C20H25F3N4O3/c1-5-27(12-17(29)25-18-10-15(26-30-18)19(2,3)4)11-16(28)24-14-9-7-6-8-13(14)20(21,22)23/h6-10H,5,11-12H2,1-4H3,(H,24,28)(H,25,29). The molecule has 7 nitrogen and oxygen atoms in total. The summed E-state index contributed by atoms with van der Waals surface area (Å²) in [6, 6.07) is 6.34. The lowest BCUT2D eigenvalue weighted by atomic mass is 9.92. The number of carbonyl (C=O) groups excluding carboxylic acids is 2. The predicted octanol–water partition coefficient (Wildman–Crippen LogP) is 3.89. The fourth-order valence-electron chi connectivity index (χ4n) is 2.58. The van der Waals surface area contributed by atoms with Crippen LogP contribution < -0.4 is 10.6 Å². The maximum atomic E-state index is 13.1. The lowest BCUT2D eigenvalue weighted by Gasteiger charge is -2.20. The molecule has 0 spiro atoms. The zero-order chi connectivity index (χ0) is 22.5. The first-order chi connectivity index (χ1) is 13.9. The molecule has 0 unspecified atom stereocenters. The van der Waals surface area contributed by atoms with Gasteiger partial charge in [-0.25, -0.2) is 0 Å². The third kappa shape index (κ3) is 6.58. The van der Waals surface area contributed by atoms with Gasteiger partial charge in [0.25, 0.3) is 0 Å². The number of carbonyl (C=O) groups is 2. The van der Waals surface area contributed by atoms with Crippen molar-refractivity contribution in [2.75, 3.05) is 30.3 Å². The Bertz CT molecular complexity index is 888. The van der Waals surface area contributed by atoms with Crippen LogP contribution in [0, 0.1) is 0 Å². The highest BCUT2D eigenvalue weighted by Crippen LogP contribution is 2.34. The summed E-state index contributed by atoms with van der Waals surface area (Å²) < 4.78 is 44.3. The van der Waals surface area contributed by atoms with Gasteiger partial charge in [0, 0.05) is 11.5 Å². The lowest BCUT2D eigenvalue weighted by molar-refractivity contribution is -0.137. The Hall–Kier alpha value is -2.88. The molecular weight excluding hydrogens is 401 g/mol. The number of likely N-dealkylation sites (N-methyl/N-ethyl adjacent to an activating group) is 1. The van der Waals surface area contributed by atoms with Crippen molar-refractivity contribution in [3.63, 3.8) is 0 Å². The van der Waals surface area contributed by atoms with Crippen molar-refractivity contribution in [1.29, 1.82) is 0 Å². The normalized spacial score (nSPS) is 12.1. The van der Waals surface area contributed by atoms with Gasteiger partial charge < -0.3 is 9.84 Å². The number of aromatic nitrogens is 1. The number of hydrogen-bond donors (Lipinski definition) is 2. The van der Waals surface area contributed by atoms with E-state index in [1.165, 1.54) is 23.1 Å². The maximum Gasteiger partial charge on any atom is 0.418 e. The Morgan fingerprint density at radius 1 is 1.07 bits per heavy atom. The Morgan fingerprint density at radius 3 is 2.20 bits per heavy atom. The Labute approximate surface area is 172 Å². The predicted molar refractivity (Wildman–Crippen MR) is 106 cm³/mol. The van der Waals surface area contributed by atoms with Crippen LogP contribution in [-0.2, 0) is 21.2 Å². The maximum absolute atomic E-state index is 13.1. The summed E-state index contributed by atoms with van der Waals surface area (Å²) in [5.74, 6) is -0.905. The van der Waals surface area contributed by atoms with E-state index in [-0.39, 0.29) is 30.1 Å². The van der Waals surface area contributed by atoms with Crippen molar-refractivity contribution in [3.05, 3.63) is 41.6 Å². The van der Waals surface area contributed by atoms with Crippen molar-refractivity contribution in [2.45, 2.75) is 39.3 Å². The van der Waals surface area contributed by atoms with E-state index in [1.54, 1.807) is 13.0 Å². The molecule has 0 atom stereocenters. The highest BCUT2D eigenvalue weighted by atomic mass is 19.4. The minimum atomic E-state index is -4.59. The number of nitrogens with one attached hydrogen (secondary N) is 2. The van der Waals surface area contributed by atoms with Crippen molar-refractivity contribution < 1.29 is 27.3 Å². The molecule has 2 N–H and O–H groups in total. The highest BCUT2D eigenvalue weighted by Gasteiger charge is 2.33. The minimum absolute atomic E-state index is 0.142. The molecule has 0 aliphatic rings. The molecule has 1 aromatic heterocycles. The number of halogens is 3. The first kappa shape index (κ1) is 23.4. The monoisotopic (exact) mass is 426 g/mol. The van der Waals surface area contributed by atoms with Gasteiger partial charge in [-0.05, 0) is 18.7 Å². The van der Waals surface area contributed by atoms with Gasteiger partial charge in [0.15, 0.2) is 0 Å². The lowest BCUT2D eigenvalue weighted by Crippen LogP contribution is -2.38. The van der Waals surface area contributed by atoms with Crippen molar-refractivity contribution in [1.82, 2.24) is 10.1 Å². The van der Waals surface area contributed by atoms with Crippen LogP contribution in [0.25, 0.3) is 0 Å². The van der Waals surface area contributed by atoms with E-state index in [0.717, 1.165) is 6.07 Å². The van der Waals surface area contributed by atoms with E-state index >= 15 is 0 Å². The van der Waals surface area contributed by atoms with Crippen LogP contribution in [0.2, 0.25) is 0 Å². The van der Waals surface area contributed by atoms with Crippen LogP contribution >= 0.6 is 0 Å². The van der Waals surface area contributed by atoms with Gasteiger partial charge in [-0.1, -0.05) is 45.0 Å². The number of amides is 2. The molecule has 0 radical (unpaired) electrons. The van der Waals surface area contributed by atoms with E-state index < -0.39 is 23.6 Å². The first-order valence-corrected chi connectivity index (χ1v) is 9.35. The van der Waals surface area contributed by atoms with Crippen LogP contribution in [-0.4, -0.2) is 41.5 Å². The van der Waals surface area contributed by atoms with Crippen molar-refractivity contribution in [2.24, 2.45) is 0 Å². The van der Waals surface area contributed by atoms with Crippen molar-refractivity contribution in [3.8, 4) is 0 Å². The van der Waals surface area contributed by atoms with Crippen LogP contribution in [0.1, 0.15) is 39.0 Å². The molecule has 0 bridgehead atoms. The number of alkyl halides is 3. The topological polar surface area (TPSA) is 87.5 Å². The molecule has 0 aliphatic heterocycles. The molecule has 1 aromatic carbocycles. The van der Waals surface area contributed by atoms with Gasteiger partial charge in [-0.15, -0.1) is 0 Å². The first-order valence-electron chi connectivity index (χ1n) is 9.35. The quantitative estimate of drug-likeness (QED) is 0.701. The molecule has 0 saturated carbocycles. The van der Waals surface area contributed by atoms with Crippen LogP contribution in [0.5, 0.6) is 0 Å². The number of rotatable bonds is 7. The Kier molecular flexibility index (Phi) is 7.25. The number of para-hydroxylation sites is 1. The summed E-state index contributed by atoms with van der Waals surface area (Å²) in [6.45, 7) is 7.53. The Morgan fingerprint density at radius 2 is 1.67 bits per heavy atom. The molecule has 10 heteroatoms. The minimum Gasteiger partial charge on any atom is -0.338 e. The zero-order valence-corrected chi connectivity index (χ0v) is 17.3. The van der Waals surface area contributed by atoms with Gasteiger partial charge >= 0.3 is 6.18 Å². The molecule has 1 heterocycles. The van der Waals surface area contributed by atoms with E-state index in [9.17, 15) is 22.8 Å². The summed E-state index contributed by atoms with van der Waals surface area (Å²) in [7, 11) is 0. The van der Waals surface area contributed by atoms with Gasteiger partial charge in [0.2, 0.25) is 17.7 Å². The van der Waals surface area contributed by atoms with Gasteiger partial charge in [-0.2, -0.15) is 13.2 Å². The third-order valence-electron chi connectivity index (χ3n) is 4.23. The van der Waals surface area contributed by atoms with E-state index in [2.05, 4.69) is 15.8 Å². The van der Waals surface area contributed by atoms with Crippen molar-refractivity contribution >= 4 is 23.4 Å². The van der Waals surface area contributed by atoms with Crippen LogP contribution in [0.15, 0.2) is 34.9 Å². The fourth-order valence-corrected chi connectivity index (χ4v) is 2.58. The van der Waals surface area contributed by atoms with Crippen LogP contribution in [0.4, 0.5) is 24.7 Å². The second-order valence-corrected chi connectivity index (χ2v) is 7.77. The molecule has 0 aliphatic carbocycles. The van der Waals surface area contributed by atoms with Crippen LogP contribution in [0.3, 0.4) is 0 Å². The summed E-state index contributed by atoms with van der Waals surface area (Å²) >= 11 is 0. The van der Waals surface area contributed by atoms with Gasteiger partial charge in [0.1, 0.15) is 0 Å². The molecular formula is C20H25F3N4O3. The number of hydrogen-bond acceptors (Lipinski definition) is 5. The molecule has 30 heavy (non-hydrogen) atoms. The number of anilines is 2. The SMILES string of the molecule is CCN(CC(=O)Nc1cc(C(C)(C)C)no1)CC(=O)Nc1ccccc1C(F)(F)F. The fraction of sp³-hybridized carbons (Fsp3) is 0.450. The largest absolute Gasteiger partial charge is 0.418 e. The molecule has 2 rings (SSSR count). The van der Waals surface area contributed by atoms with E-state index in [4.69, 9.17) is 4.52 Å². The highest BCUT2D eigenvalue weighted by molar-refractivity contribution is 5.94. The number of nitrogens with zero attached hydrogens (tertiary/aromatic N) is 2. The summed E-state index contributed by atoms with van der Waals surface area (Å²) in [5.41, 5.74) is -0.828. The smallest absolute Gasteiger partial charge is 0.338 e. The Balaban J connectivity index is 1.95.